The zero-order chi connectivity index (χ0) is 20.6. The number of thiazole rings is 1. The molecule has 0 fully saturated rings. The van der Waals surface area contributed by atoms with Crippen LogP contribution in [0.2, 0.25) is 0 Å². The number of aryl methyl sites for hydroxylation is 1. The normalized spacial score (nSPS) is 11.7. The SMILES string of the molecule is Cc1ccc(-c2ccc(=O)n(Cc3csc(-c4ccc(C(F)(F)F)cc4)n3)n2)s1. The number of thiophene rings is 1. The molecule has 0 N–H and O–H groups in total. The molecule has 0 aliphatic rings. The van der Waals surface area contributed by atoms with Gasteiger partial charge in [0.15, 0.2) is 0 Å². The molecule has 0 unspecified atom stereocenters. The summed E-state index contributed by atoms with van der Waals surface area (Å²) in [6.07, 6.45) is -4.37. The fourth-order valence-electron chi connectivity index (χ4n) is 2.73. The van der Waals surface area contributed by atoms with Gasteiger partial charge in [-0.3, -0.25) is 4.79 Å². The second-order valence-corrected chi connectivity index (χ2v) is 8.49. The van der Waals surface area contributed by atoms with Crippen molar-refractivity contribution in [2.45, 2.75) is 19.6 Å². The Morgan fingerprint density at radius 2 is 1.79 bits per heavy atom. The number of nitrogens with zero attached hydrogens (tertiary/aromatic N) is 3. The number of hydrogen-bond acceptors (Lipinski definition) is 5. The Bertz CT molecular complexity index is 1210. The van der Waals surface area contributed by atoms with Crippen LogP contribution in [0.4, 0.5) is 13.2 Å². The van der Waals surface area contributed by atoms with Gasteiger partial charge in [-0.05, 0) is 37.3 Å². The molecule has 0 aliphatic heterocycles. The fraction of sp³-hybridized carbons (Fsp3) is 0.150. The molecule has 0 amide bonds. The van der Waals surface area contributed by atoms with E-state index in [1.165, 1.54) is 34.2 Å². The molecule has 3 aromatic heterocycles. The third-order valence-electron chi connectivity index (χ3n) is 4.18. The maximum atomic E-state index is 12.7. The largest absolute Gasteiger partial charge is 0.416 e. The second-order valence-electron chi connectivity index (χ2n) is 6.34. The second kappa shape index (κ2) is 7.57. The molecule has 4 aromatic rings. The molecular formula is C20H14F3N3OS2. The van der Waals surface area contributed by atoms with Gasteiger partial charge in [0.05, 0.1) is 22.7 Å². The summed E-state index contributed by atoms with van der Waals surface area (Å²) in [5.41, 5.74) is 0.984. The zero-order valence-corrected chi connectivity index (χ0v) is 16.7. The molecule has 0 saturated carbocycles. The van der Waals surface area contributed by atoms with Crippen LogP contribution in [0.15, 0.2) is 58.7 Å². The van der Waals surface area contributed by atoms with Crippen molar-refractivity contribution in [3.8, 4) is 21.1 Å². The summed E-state index contributed by atoms with van der Waals surface area (Å²) in [6.45, 7) is 2.19. The summed E-state index contributed by atoms with van der Waals surface area (Å²) in [5, 5.41) is 6.80. The van der Waals surface area contributed by atoms with Crippen LogP contribution in [0.25, 0.3) is 21.1 Å². The molecule has 0 aliphatic carbocycles. The first-order chi connectivity index (χ1) is 13.8. The molecule has 3 heterocycles. The standard InChI is InChI=1S/C20H14F3N3OS2/c1-12-2-8-17(29-12)16-7-9-18(27)26(25-16)10-15-11-28-19(24-15)13-3-5-14(6-4-13)20(21,22)23/h2-9,11H,10H2,1H3. The number of rotatable bonds is 4. The van der Waals surface area contributed by atoms with Gasteiger partial charge in [-0.1, -0.05) is 12.1 Å². The van der Waals surface area contributed by atoms with Gasteiger partial charge in [0, 0.05) is 21.9 Å². The predicted octanol–water partition coefficient (Wildman–Crippen LogP) is 5.47. The monoisotopic (exact) mass is 433 g/mol. The molecule has 4 rings (SSSR count). The van der Waals surface area contributed by atoms with Crippen molar-refractivity contribution in [3.05, 3.63) is 80.4 Å². The van der Waals surface area contributed by atoms with Crippen molar-refractivity contribution in [3.63, 3.8) is 0 Å². The number of benzene rings is 1. The van der Waals surface area contributed by atoms with Gasteiger partial charge in [0.25, 0.3) is 5.56 Å². The molecule has 1 aromatic carbocycles. The van der Waals surface area contributed by atoms with Crippen LogP contribution < -0.4 is 5.56 Å². The highest BCUT2D eigenvalue weighted by Crippen LogP contribution is 2.32. The minimum absolute atomic E-state index is 0.189. The van der Waals surface area contributed by atoms with Crippen LogP contribution >= 0.6 is 22.7 Å². The lowest BCUT2D eigenvalue weighted by Gasteiger charge is -2.06. The van der Waals surface area contributed by atoms with Gasteiger partial charge >= 0.3 is 6.18 Å². The van der Waals surface area contributed by atoms with Crippen LogP contribution in [0.1, 0.15) is 16.1 Å². The first-order valence-corrected chi connectivity index (χ1v) is 10.3. The van der Waals surface area contributed by atoms with Crippen LogP contribution in [0.3, 0.4) is 0 Å². The van der Waals surface area contributed by atoms with Crippen molar-refractivity contribution in [1.29, 1.82) is 0 Å². The summed E-state index contributed by atoms with van der Waals surface area (Å²) in [6, 6.07) is 12.0. The van der Waals surface area contributed by atoms with Gasteiger partial charge in [0.1, 0.15) is 10.7 Å². The van der Waals surface area contributed by atoms with E-state index in [1.807, 2.05) is 19.1 Å². The van der Waals surface area contributed by atoms with E-state index in [0.717, 1.165) is 21.9 Å². The van der Waals surface area contributed by atoms with Crippen molar-refractivity contribution in [2.75, 3.05) is 0 Å². The lowest BCUT2D eigenvalue weighted by Crippen LogP contribution is -2.22. The first-order valence-electron chi connectivity index (χ1n) is 8.56. The highest BCUT2D eigenvalue weighted by molar-refractivity contribution is 7.15. The topological polar surface area (TPSA) is 47.8 Å². The Morgan fingerprint density at radius 1 is 1.03 bits per heavy atom. The Hall–Kier alpha value is -2.78. The van der Waals surface area contributed by atoms with E-state index in [1.54, 1.807) is 22.8 Å². The van der Waals surface area contributed by atoms with Crippen molar-refractivity contribution < 1.29 is 13.2 Å². The van der Waals surface area contributed by atoms with Crippen LogP contribution in [0, 0.1) is 6.92 Å². The van der Waals surface area contributed by atoms with Gasteiger partial charge in [-0.15, -0.1) is 22.7 Å². The third-order valence-corrected chi connectivity index (χ3v) is 6.15. The Balaban J connectivity index is 1.57. The zero-order valence-electron chi connectivity index (χ0n) is 15.1. The molecule has 29 heavy (non-hydrogen) atoms. The quantitative estimate of drug-likeness (QED) is 0.429. The van der Waals surface area contributed by atoms with E-state index in [0.29, 0.717) is 22.0 Å². The summed E-state index contributed by atoms with van der Waals surface area (Å²) in [7, 11) is 0. The lowest BCUT2D eigenvalue weighted by molar-refractivity contribution is -0.137. The van der Waals surface area contributed by atoms with Crippen LogP contribution in [-0.4, -0.2) is 14.8 Å². The minimum atomic E-state index is -4.37. The number of alkyl halides is 3. The van der Waals surface area contributed by atoms with E-state index in [2.05, 4.69) is 10.1 Å². The lowest BCUT2D eigenvalue weighted by atomic mass is 10.1. The number of hydrogen-bond donors (Lipinski definition) is 0. The van der Waals surface area contributed by atoms with E-state index >= 15 is 0 Å². The van der Waals surface area contributed by atoms with Gasteiger partial charge < -0.3 is 0 Å². The Kier molecular flexibility index (Phi) is 5.10. The molecule has 0 radical (unpaired) electrons. The van der Waals surface area contributed by atoms with Crippen molar-refractivity contribution >= 4 is 22.7 Å². The predicted molar refractivity (Wildman–Crippen MR) is 108 cm³/mol. The van der Waals surface area contributed by atoms with Gasteiger partial charge in [-0.2, -0.15) is 18.3 Å². The average molecular weight is 433 g/mol. The highest BCUT2D eigenvalue weighted by atomic mass is 32.1. The molecular weight excluding hydrogens is 419 g/mol. The fourth-order valence-corrected chi connectivity index (χ4v) is 4.38. The van der Waals surface area contributed by atoms with E-state index < -0.39 is 11.7 Å². The number of halogens is 3. The maximum Gasteiger partial charge on any atom is 0.416 e. The summed E-state index contributed by atoms with van der Waals surface area (Å²) in [4.78, 5) is 18.8. The Labute approximate surface area is 171 Å². The van der Waals surface area contributed by atoms with Crippen molar-refractivity contribution in [2.24, 2.45) is 0 Å². The first kappa shape index (κ1) is 19.5. The minimum Gasteiger partial charge on any atom is -0.268 e. The molecule has 148 valence electrons. The highest BCUT2D eigenvalue weighted by Gasteiger charge is 2.30. The summed E-state index contributed by atoms with van der Waals surface area (Å²) in [5.74, 6) is 0. The molecule has 0 atom stereocenters. The number of aromatic nitrogens is 3. The summed E-state index contributed by atoms with van der Waals surface area (Å²) < 4.78 is 39.5. The van der Waals surface area contributed by atoms with Gasteiger partial charge in [0.2, 0.25) is 0 Å². The van der Waals surface area contributed by atoms with Crippen LogP contribution in [-0.2, 0) is 12.7 Å². The molecule has 0 saturated heterocycles. The Morgan fingerprint density at radius 3 is 2.45 bits per heavy atom. The van der Waals surface area contributed by atoms with Crippen LogP contribution in [0.5, 0.6) is 0 Å². The molecule has 0 bridgehead atoms. The summed E-state index contributed by atoms with van der Waals surface area (Å²) >= 11 is 2.91. The molecule has 0 spiro atoms. The van der Waals surface area contributed by atoms with E-state index in [9.17, 15) is 18.0 Å². The van der Waals surface area contributed by atoms with E-state index in [4.69, 9.17) is 0 Å². The smallest absolute Gasteiger partial charge is 0.268 e. The van der Waals surface area contributed by atoms with Gasteiger partial charge in [-0.25, -0.2) is 9.67 Å². The molecule has 9 heteroatoms. The third kappa shape index (κ3) is 4.30. The molecule has 4 nitrogen and oxygen atoms in total. The van der Waals surface area contributed by atoms with Crippen molar-refractivity contribution in [1.82, 2.24) is 14.8 Å². The average Bonchev–Trinajstić information content (AvgIpc) is 3.32. The van der Waals surface area contributed by atoms with E-state index in [-0.39, 0.29) is 12.1 Å². The maximum absolute atomic E-state index is 12.7.